The number of nitrogens with zero attached hydrogens (tertiary/aromatic N) is 2. The molecule has 0 fully saturated rings. The van der Waals surface area contributed by atoms with Gasteiger partial charge in [0.15, 0.2) is 0 Å². The van der Waals surface area contributed by atoms with Crippen LogP contribution in [-0.2, 0) is 0 Å². The molecule has 0 aromatic heterocycles. The lowest BCUT2D eigenvalue weighted by molar-refractivity contribution is 1.04. The number of rotatable bonds is 3. The zero-order chi connectivity index (χ0) is 5.54. The molecule has 0 bridgehead atoms. The highest BCUT2D eigenvalue weighted by molar-refractivity contribution is 7.97. The molecule has 0 aromatic carbocycles. The Labute approximate surface area is 48.5 Å². The van der Waals surface area contributed by atoms with Crippen molar-refractivity contribution in [2.45, 2.75) is 13.8 Å². The van der Waals surface area contributed by atoms with E-state index < -0.39 is 0 Å². The largest absolute Gasteiger partial charge is 0.182 e. The van der Waals surface area contributed by atoms with Gasteiger partial charge in [-0.25, -0.2) is 0 Å². The second-order valence-corrected chi connectivity index (χ2v) is 1.96. The minimum Gasteiger partial charge on any atom is -0.182 e. The predicted molar refractivity (Wildman–Crippen MR) is 33.5 cm³/mol. The third-order valence-electron chi connectivity index (χ3n) is 0.386. The molecule has 0 atom stereocenters. The Bertz CT molecular complexity index is 53.7. The Kier molecular flexibility index (Phi) is 5.91. The molecule has 0 N–H and O–H groups in total. The predicted octanol–water partition coefficient (Wildman–Crippen LogP) is 2.13. The van der Waals surface area contributed by atoms with Gasteiger partial charge >= 0.3 is 0 Å². The van der Waals surface area contributed by atoms with Crippen molar-refractivity contribution in [3.8, 4) is 0 Å². The van der Waals surface area contributed by atoms with Crippen LogP contribution in [0.3, 0.4) is 0 Å². The summed E-state index contributed by atoms with van der Waals surface area (Å²) in [6, 6.07) is 0. The van der Waals surface area contributed by atoms with Crippen LogP contribution in [0.4, 0.5) is 0 Å². The summed E-state index contributed by atoms with van der Waals surface area (Å²) in [6.45, 7) is 4.83. The molecule has 0 amide bonds. The van der Waals surface area contributed by atoms with Crippen molar-refractivity contribution in [2.24, 2.45) is 9.63 Å². The average Bonchev–Trinajstić information content (AvgIpc) is 1.69. The van der Waals surface area contributed by atoms with E-state index in [-0.39, 0.29) is 0 Å². The highest BCUT2D eigenvalue weighted by Gasteiger charge is 1.69. The van der Waals surface area contributed by atoms with Gasteiger partial charge in [0.2, 0.25) is 0 Å². The van der Waals surface area contributed by atoms with E-state index >= 15 is 0 Å². The van der Waals surface area contributed by atoms with Crippen molar-refractivity contribution in [3.05, 3.63) is 0 Å². The fourth-order valence-electron chi connectivity index (χ4n) is 0.156. The topological polar surface area (TPSA) is 24.7 Å². The molecule has 0 rings (SSSR count). The lowest BCUT2D eigenvalue weighted by Crippen LogP contribution is -1.61. The fourth-order valence-corrected chi connectivity index (χ4v) is 0.469. The monoisotopic (exact) mass is 118 g/mol. The number of hydrogen-bond acceptors (Lipinski definition) is 3. The van der Waals surface area contributed by atoms with E-state index in [0.717, 1.165) is 12.3 Å². The molecular formula is C4H10N2S. The Morgan fingerprint density at radius 1 is 1.43 bits per heavy atom. The Hall–Kier alpha value is -0.0500. The van der Waals surface area contributed by atoms with Crippen LogP contribution in [0.1, 0.15) is 13.8 Å². The van der Waals surface area contributed by atoms with Crippen LogP contribution in [0.2, 0.25) is 0 Å². The summed E-state index contributed by atoms with van der Waals surface area (Å²) in [7, 11) is 0. The summed E-state index contributed by atoms with van der Waals surface area (Å²) in [5, 5.41) is 3.75. The molecular weight excluding hydrogens is 108 g/mol. The maximum Gasteiger partial charge on any atom is 0.0581 e. The van der Waals surface area contributed by atoms with Gasteiger partial charge in [-0.1, -0.05) is 6.92 Å². The van der Waals surface area contributed by atoms with Crippen LogP contribution in [0.15, 0.2) is 9.63 Å². The van der Waals surface area contributed by atoms with Gasteiger partial charge in [-0.15, -0.1) is 4.52 Å². The number of hydrogen-bond donors (Lipinski definition) is 0. The lowest BCUT2D eigenvalue weighted by atomic mass is 10.8. The van der Waals surface area contributed by atoms with Crippen LogP contribution < -0.4 is 0 Å². The van der Waals surface area contributed by atoms with Gasteiger partial charge in [-0.3, -0.25) is 0 Å². The molecule has 0 radical (unpaired) electrons. The summed E-state index contributed by atoms with van der Waals surface area (Å²) in [5.41, 5.74) is 0. The summed E-state index contributed by atoms with van der Waals surface area (Å²) < 4.78 is 3.75. The van der Waals surface area contributed by atoms with E-state index in [9.17, 15) is 0 Å². The third kappa shape index (κ3) is 5.95. The Balaban J connectivity index is 2.78. The molecule has 0 unspecified atom stereocenters. The van der Waals surface area contributed by atoms with Gasteiger partial charge in [-0.2, -0.15) is 5.11 Å². The smallest absolute Gasteiger partial charge is 0.0581 e. The molecule has 7 heavy (non-hydrogen) atoms. The van der Waals surface area contributed by atoms with Crippen LogP contribution in [-0.4, -0.2) is 12.3 Å². The van der Waals surface area contributed by atoms with Crippen LogP contribution in [0.25, 0.3) is 0 Å². The van der Waals surface area contributed by atoms with Gasteiger partial charge in [0, 0.05) is 5.75 Å². The van der Waals surface area contributed by atoms with Gasteiger partial charge in [0.05, 0.1) is 6.54 Å². The molecule has 2 nitrogen and oxygen atoms in total. The molecule has 0 aliphatic rings. The zero-order valence-electron chi connectivity index (χ0n) is 4.72. The summed E-state index contributed by atoms with van der Waals surface area (Å²) in [4.78, 5) is 0. The molecule has 0 heterocycles. The van der Waals surface area contributed by atoms with Gasteiger partial charge in [0.1, 0.15) is 0 Å². The Morgan fingerprint density at radius 2 is 2.14 bits per heavy atom. The normalized spacial score (nSPS) is 10.6. The van der Waals surface area contributed by atoms with E-state index in [1.54, 1.807) is 0 Å². The standard InChI is InChI=1S/C4H10N2S/c1-3-5-6-7-4-2/h3-4H2,1-2H3/b6-5-. The van der Waals surface area contributed by atoms with Gasteiger partial charge in [-0.05, 0) is 18.9 Å². The second kappa shape index (κ2) is 5.95. The van der Waals surface area contributed by atoms with Crippen LogP contribution in [0.5, 0.6) is 0 Å². The summed E-state index contributed by atoms with van der Waals surface area (Å²) in [5.74, 6) is 1.02. The first kappa shape index (κ1) is 6.95. The SMILES string of the molecule is CC/N=N\SCC. The van der Waals surface area contributed by atoms with E-state index in [2.05, 4.69) is 16.6 Å². The maximum absolute atomic E-state index is 3.75. The molecule has 0 saturated carbocycles. The summed E-state index contributed by atoms with van der Waals surface area (Å²) in [6.07, 6.45) is 0. The van der Waals surface area contributed by atoms with E-state index in [1.165, 1.54) is 11.9 Å². The van der Waals surface area contributed by atoms with Crippen molar-refractivity contribution in [2.75, 3.05) is 12.3 Å². The van der Waals surface area contributed by atoms with Gasteiger partial charge < -0.3 is 0 Å². The maximum atomic E-state index is 3.75. The molecule has 0 aliphatic carbocycles. The minimum atomic E-state index is 0.799. The van der Waals surface area contributed by atoms with Gasteiger partial charge in [0.25, 0.3) is 0 Å². The zero-order valence-corrected chi connectivity index (χ0v) is 5.53. The summed E-state index contributed by atoms with van der Waals surface area (Å²) >= 11 is 1.49. The van der Waals surface area contributed by atoms with Crippen molar-refractivity contribution >= 4 is 11.9 Å². The van der Waals surface area contributed by atoms with E-state index in [4.69, 9.17) is 0 Å². The average molecular weight is 118 g/mol. The molecule has 0 spiro atoms. The second-order valence-electron chi connectivity index (χ2n) is 0.957. The first-order valence-electron chi connectivity index (χ1n) is 2.40. The highest BCUT2D eigenvalue weighted by atomic mass is 32.2. The molecule has 0 saturated heterocycles. The van der Waals surface area contributed by atoms with Crippen LogP contribution >= 0.6 is 11.9 Å². The van der Waals surface area contributed by atoms with Crippen molar-refractivity contribution in [1.82, 2.24) is 0 Å². The van der Waals surface area contributed by atoms with Crippen LogP contribution in [0, 0.1) is 0 Å². The van der Waals surface area contributed by atoms with Crippen molar-refractivity contribution < 1.29 is 0 Å². The van der Waals surface area contributed by atoms with E-state index in [0.29, 0.717) is 0 Å². The molecule has 0 aliphatic heterocycles. The van der Waals surface area contributed by atoms with Crippen molar-refractivity contribution in [3.63, 3.8) is 0 Å². The first-order valence-corrected chi connectivity index (χ1v) is 3.34. The minimum absolute atomic E-state index is 0.799. The molecule has 3 heteroatoms. The highest BCUT2D eigenvalue weighted by Crippen LogP contribution is 1.99. The Morgan fingerprint density at radius 3 is 2.57 bits per heavy atom. The van der Waals surface area contributed by atoms with E-state index in [1.807, 2.05) is 6.92 Å². The fraction of sp³-hybridized carbons (Fsp3) is 1.00. The lowest BCUT2D eigenvalue weighted by Gasteiger charge is -1.78. The van der Waals surface area contributed by atoms with Crippen molar-refractivity contribution in [1.29, 1.82) is 0 Å². The third-order valence-corrected chi connectivity index (χ3v) is 0.875. The first-order chi connectivity index (χ1) is 3.41. The molecule has 0 aromatic rings. The molecule has 42 valence electrons. The quantitative estimate of drug-likeness (QED) is 0.411.